The summed E-state index contributed by atoms with van der Waals surface area (Å²) in [5.74, 6) is 0.146. The maximum atomic E-state index is 13.8. The zero-order chi connectivity index (χ0) is 14.7. The first-order chi connectivity index (χ1) is 10.2. The minimum Gasteiger partial charge on any atom is -0.508 e. The number of para-hydroxylation sites is 1. The second kappa shape index (κ2) is 6.14. The fourth-order valence-electron chi connectivity index (χ4n) is 2.71. The Bertz CT molecular complexity index is 592. The second-order valence-corrected chi connectivity index (χ2v) is 5.38. The van der Waals surface area contributed by atoms with Crippen LogP contribution in [0, 0.1) is 5.82 Å². The Labute approximate surface area is 124 Å². The van der Waals surface area contributed by atoms with Crippen molar-refractivity contribution in [2.75, 3.05) is 31.1 Å². The van der Waals surface area contributed by atoms with E-state index in [1.54, 1.807) is 18.2 Å². The van der Waals surface area contributed by atoms with Crippen LogP contribution in [0.15, 0.2) is 48.5 Å². The highest BCUT2D eigenvalue weighted by Gasteiger charge is 2.19. The van der Waals surface area contributed by atoms with Gasteiger partial charge in [-0.1, -0.05) is 24.3 Å². The Balaban J connectivity index is 1.58. The van der Waals surface area contributed by atoms with Crippen LogP contribution < -0.4 is 4.90 Å². The monoisotopic (exact) mass is 286 g/mol. The largest absolute Gasteiger partial charge is 0.508 e. The number of hydrogen-bond donors (Lipinski definition) is 1. The van der Waals surface area contributed by atoms with Gasteiger partial charge in [-0.2, -0.15) is 0 Å². The first-order valence-corrected chi connectivity index (χ1v) is 7.22. The van der Waals surface area contributed by atoms with Gasteiger partial charge in [0.2, 0.25) is 0 Å². The molecule has 3 rings (SSSR count). The SMILES string of the molecule is Oc1ccc(CN2CCN(c3ccccc3F)CC2)cc1. The molecule has 0 spiro atoms. The molecule has 1 heterocycles. The van der Waals surface area contributed by atoms with Crippen molar-refractivity contribution in [2.24, 2.45) is 0 Å². The molecule has 2 aromatic rings. The lowest BCUT2D eigenvalue weighted by Gasteiger charge is -2.36. The molecule has 1 fully saturated rings. The Hall–Kier alpha value is -2.07. The highest BCUT2D eigenvalue weighted by molar-refractivity contribution is 5.48. The number of hydrogen-bond acceptors (Lipinski definition) is 3. The van der Waals surface area contributed by atoms with Gasteiger partial charge in [-0.05, 0) is 29.8 Å². The molecule has 0 atom stereocenters. The standard InChI is InChI=1S/C17H19FN2O/c18-16-3-1-2-4-17(16)20-11-9-19(10-12-20)13-14-5-7-15(21)8-6-14/h1-8,21H,9-13H2. The van der Waals surface area contributed by atoms with Gasteiger partial charge in [0.05, 0.1) is 5.69 Å². The molecule has 0 bridgehead atoms. The fraction of sp³-hybridized carbons (Fsp3) is 0.294. The van der Waals surface area contributed by atoms with Crippen molar-refractivity contribution in [3.63, 3.8) is 0 Å². The van der Waals surface area contributed by atoms with E-state index in [0.29, 0.717) is 11.4 Å². The van der Waals surface area contributed by atoms with Gasteiger partial charge in [0.15, 0.2) is 0 Å². The van der Waals surface area contributed by atoms with E-state index in [0.717, 1.165) is 32.7 Å². The van der Waals surface area contributed by atoms with Crippen LogP contribution in [0.3, 0.4) is 0 Å². The highest BCUT2D eigenvalue weighted by Crippen LogP contribution is 2.21. The molecule has 21 heavy (non-hydrogen) atoms. The van der Waals surface area contributed by atoms with Gasteiger partial charge in [0.1, 0.15) is 11.6 Å². The van der Waals surface area contributed by atoms with Crippen molar-refractivity contribution >= 4 is 5.69 Å². The maximum Gasteiger partial charge on any atom is 0.146 e. The molecule has 1 aliphatic heterocycles. The van der Waals surface area contributed by atoms with Gasteiger partial charge >= 0.3 is 0 Å². The maximum absolute atomic E-state index is 13.8. The quantitative estimate of drug-likeness (QED) is 0.940. The summed E-state index contributed by atoms with van der Waals surface area (Å²) >= 11 is 0. The van der Waals surface area contributed by atoms with E-state index in [2.05, 4.69) is 9.80 Å². The third kappa shape index (κ3) is 3.34. The molecule has 0 amide bonds. The van der Waals surface area contributed by atoms with Gasteiger partial charge in [-0.25, -0.2) is 4.39 Å². The Kier molecular flexibility index (Phi) is 4.06. The summed E-state index contributed by atoms with van der Waals surface area (Å²) in [5.41, 5.74) is 1.88. The Morgan fingerprint density at radius 3 is 2.24 bits per heavy atom. The molecule has 4 heteroatoms. The van der Waals surface area contributed by atoms with Crippen LogP contribution in [-0.2, 0) is 6.54 Å². The average Bonchev–Trinajstić information content (AvgIpc) is 2.51. The summed E-state index contributed by atoms with van der Waals surface area (Å²) in [5, 5.41) is 9.29. The number of phenols is 1. The summed E-state index contributed by atoms with van der Waals surface area (Å²) in [6.07, 6.45) is 0. The van der Waals surface area contributed by atoms with Crippen molar-refractivity contribution in [3.8, 4) is 5.75 Å². The number of anilines is 1. The number of piperazine rings is 1. The lowest BCUT2D eigenvalue weighted by Crippen LogP contribution is -2.46. The lowest BCUT2D eigenvalue weighted by molar-refractivity contribution is 0.249. The average molecular weight is 286 g/mol. The molecular formula is C17H19FN2O. The van der Waals surface area contributed by atoms with Crippen molar-refractivity contribution in [3.05, 3.63) is 59.9 Å². The topological polar surface area (TPSA) is 26.7 Å². The lowest BCUT2D eigenvalue weighted by atomic mass is 10.2. The molecule has 110 valence electrons. The summed E-state index contributed by atoms with van der Waals surface area (Å²) in [6, 6.07) is 14.3. The molecule has 3 nitrogen and oxygen atoms in total. The van der Waals surface area contributed by atoms with E-state index in [4.69, 9.17) is 0 Å². The second-order valence-electron chi connectivity index (χ2n) is 5.38. The van der Waals surface area contributed by atoms with Crippen molar-refractivity contribution < 1.29 is 9.50 Å². The molecule has 1 aliphatic rings. The molecular weight excluding hydrogens is 267 g/mol. The van der Waals surface area contributed by atoms with E-state index in [-0.39, 0.29) is 5.82 Å². The molecule has 2 aromatic carbocycles. The van der Waals surface area contributed by atoms with E-state index >= 15 is 0 Å². The van der Waals surface area contributed by atoms with Gasteiger partial charge < -0.3 is 10.0 Å². The molecule has 0 aliphatic carbocycles. The summed E-state index contributed by atoms with van der Waals surface area (Å²) < 4.78 is 13.8. The summed E-state index contributed by atoms with van der Waals surface area (Å²) in [7, 11) is 0. The summed E-state index contributed by atoms with van der Waals surface area (Å²) in [6.45, 7) is 4.36. The van der Waals surface area contributed by atoms with Gasteiger partial charge in [-0.3, -0.25) is 4.90 Å². The number of aromatic hydroxyl groups is 1. The van der Waals surface area contributed by atoms with Crippen LogP contribution >= 0.6 is 0 Å². The van der Waals surface area contributed by atoms with E-state index in [1.165, 1.54) is 11.6 Å². The normalized spacial score (nSPS) is 16.1. The molecule has 0 unspecified atom stereocenters. The van der Waals surface area contributed by atoms with Gasteiger partial charge in [0, 0.05) is 32.7 Å². The highest BCUT2D eigenvalue weighted by atomic mass is 19.1. The van der Waals surface area contributed by atoms with Crippen molar-refractivity contribution in [1.29, 1.82) is 0 Å². The van der Waals surface area contributed by atoms with Crippen LogP contribution in [-0.4, -0.2) is 36.2 Å². The summed E-state index contributed by atoms with van der Waals surface area (Å²) in [4.78, 5) is 4.45. The Morgan fingerprint density at radius 1 is 0.905 bits per heavy atom. The first kappa shape index (κ1) is 13.9. The smallest absolute Gasteiger partial charge is 0.146 e. The third-order valence-corrected chi connectivity index (χ3v) is 3.91. The number of nitrogens with zero attached hydrogens (tertiary/aromatic N) is 2. The van der Waals surface area contributed by atoms with E-state index in [9.17, 15) is 9.50 Å². The minimum atomic E-state index is -0.149. The van der Waals surface area contributed by atoms with Gasteiger partial charge in [-0.15, -0.1) is 0 Å². The van der Waals surface area contributed by atoms with E-state index < -0.39 is 0 Å². The number of phenolic OH excluding ortho intramolecular Hbond substituents is 1. The number of benzene rings is 2. The minimum absolute atomic E-state index is 0.149. The molecule has 0 aromatic heterocycles. The molecule has 0 saturated carbocycles. The van der Waals surface area contributed by atoms with Crippen LogP contribution in [0.25, 0.3) is 0 Å². The third-order valence-electron chi connectivity index (χ3n) is 3.91. The fourth-order valence-corrected chi connectivity index (χ4v) is 2.71. The van der Waals surface area contributed by atoms with Crippen molar-refractivity contribution in [1.82, 2.24) is 4.90 Å². The van der Waals surface area contributed by atoms with Crippen LogP contribution in [0.5, 0.6) is 5.75 Å². The van der Waals surface area contributed by atoms with Crippen LogP contribution in [0.2, 0.25) is 0 Å². The Morgan fingerprint density at radius 2 is 1.57 bits per heavy atom. The first-order valence-electron chi connectivity index (χ1n) is 7.22. The zero-order valence-electron chi connectivity index (χ0n) is 11.9. The molecule has 0 radical (unpaired) electrons. The predicted molar refractivity (Wildman–Crippen MR) is 82.0 cm³/mol. The van der Waals surface area contributed by atoms with Gasteiger partial charge in [0.25, 0.3) is 0 Å². The van der Waals surface area contributed by atoms with Crippen LogP contribution in [0.4, 0.5) is 10.1 Å². The molecule has 1 saturated heterocycles. The predicted octanol–water partition coefficient (Wildman–Crippen LogP) is 2.85. The molecule has 1 N–H and O–H groups in total. The number of halogens is 1. The van der Waals surface area contributed by atoms with Crippen molar-refractivity contribution in [2.45, 2.75) is 6.54 Å². The van der Waals surface area contributed by atoms with Crippen LogP contribution in [0.1, 0.15) is 5.56 Å². The van der Waals surface area contributed by atoms with E-state index in [1.807, 2.05) is 24.3 Å². The zero-order valence-corrected chi connectivity index (χ0v) is 11.9. The number of rotatable bonds is 3.